The molecule has 3 N–H and O–H groups in total. The van der Waals surface area contributed by atoms with Gasteiger partial charge in [0.2, 0.25) is 0 Å². The van der Waals surface area contributed by atoms with Gasteiger partial charge in [-0.15, -0.1) is 0 Å². The van der Waals surface area contributed by atoms with E-state index in [9.17, 15) is 4.79 Å². The number of amides is 1. The second-order valence-electron chi connectivity index (χ2n) is 4.95. The Bertz CT molecular complexity index is 430. The number of hydrogen-bond donors (Lipinski definition) is 2. The van der Waals surface area contributed by atoms with Crippen LogP contribution in [-0.4, -0.2) is 27.9 Å². The fraction of sp³-hybridized carbons (Fsp3) is 0.500. The van der Waals surface area contributed by atoms with Crippen molar-refractivity contribution in [3.05, 3.63) is 23.9 Å². The molecule has 17 heavy (non-hydrogen) atoms. The number of nitrogens with one attached hydrogen (secondary N) is 1. The van der Waals surface area contributed by atoms with Gasteiger partial charge in [-0.1, -0.05) is 0 Å². The number of nitrogens with zero attached hydrogens (tertiary/aromatic N) is 2. The standard InChI is InChI=1S/C12H18N4O/c1-12(2)5-3-7-16(12)11(17)9-4-6-14-10(8-9)15-13/h4,6,8H,3,5,7,13H2,1-2H3,(H,14,15). The van der Waals surface area contributed by atoms with E-state index >= 15 is 0 Å². The first-order valence-corrected chi connectivity index (χ1v) is 5.79. The molecule has 5 nitrogen and oxygen atoms in total. The van der Waals surface area contributed by atoms with Crippen LogP contribution in [-0.2, 0) is 0 Å². The van der Waals surface area contributed by atoms with Crippen LogP contribution in [0.4, 0.5) is 5.82 Å². The number of rotatable bonds is 2. The van der Waals surface area contributed by atoms with E-state index in [1.807, 2.05) is 4.90 Å². The third-order valence-corrected chi connectivity index (χ3v) is 3.30. The Labute approximate surface area is 101 Å². The maximum absolute atomic E-state index is 12.4. The molecule has 0 atom stereocenters. The largest absolute Gasteiger partial charge is 0.334 e. The van der Waals surface area contributed by atoms with Gasteiger partial charge < -0.3 is 10.3 Å². The molecule has 1 aliphatic heterocycles. The summed E-state index contributed by atoms with van der Waals surface area (Å²) in [5, 5.41) is 0. The molecule has 1 amide bonds. The number of nitrogen functional groups attached to an aromatic ring is 1. The Morgan fingerprint density at radius 2 is 2.35 bits per heavy atom. The number of hydrazine groups is 1. The first-order chi connectivity index (χ1) is 8.04. The number of nitrogens with two attached hydrogens (primary N) is 1. The molecule has 0 saturated carbocycles. The first kappa shape index (κ1) is 11.9. The van der Waals surface area contributed by atoms with E-state index in [-0.39, 0.29) is 11.4 Å². The van der Waals surface area contributed by atoms with Gasteiger partial charge in [-0.3, -0.25) is 4.79 Å². The van der Waals surface area contributed by atoms with Crippen molar-refractivity contribution in [3.63, 3.8) is 0 Å². The minimum atomic E-state index is -0.0589. The molecule has 1 aromatic heterocycles. The Balaban J connectivity index is 2.25. The zero-order valence-electron chi connectivity index (χ0n) is 10.2. The van der Waals surface area contributed by atoms with E-state index in [0.717, 1.165) is 19.4 Å². The van der Waals surface area contributed by atoms with Gasteiger partial charge in [0.05, 0.1) is 0 Å². The van der Waals surface area contributed by atoms with Crippen molar-refractivity contribution in [1.29, 1.82) is 0 Å². The number of pyridine rings is 1. The van der Waals surface area contributed by atoms with Gasteiger partial charge in [-0.05, 0) is 38.8 Å². The summed E-state index contributed by atoms with van der Waals surface area (Å²) in [6.45, 7) is 5.02. The monoisotopic (exact) mass is 234 g/mol. The van der Waals surface area contributed by atoms with Crippen LogP contribution in [0, 0.1) is 0 Å². The van der Waals surface area contributed by atoms with Gasteiger partial charge in [0.15, 0.2) is 0 Å². The summed E-state index contributed by atoms with van der Waals surface area (Å²) < 4.78 is 0. The first-order valence-electron chi connectivity index (χ1n) is 5.79. The molecule has 1 fully saturated rings. The van der Waals surface area contributed by atoms with Crippen molar-refractivity contribution in [2.45, 2.75) is 32.2 Å². The van der Waals surface area contributed by atoms with Gasteiger partial charge in [0.25, 0.3) is 5.91 Å². The number of hydrogen-bond acceptors (Lipinski definition) is 4. The van der Waals surface area contributed by atoms with Crippen LogP contribution in [0.15, 0.2) is 18.3 Å². The highest BCUT2D eigenvalue weighted by atomic mass is 16.2. The molecule has 0 aromatic carbocycles. The number of aromatic nitrogens is 1. The molecular formula is C12H18N4O. The van der Waals surface area contributed by atoms with Crippen molar-refractivity contribution in [2.75, 3.05) is 12.0 Å². The Hall–Kier alpha value is -1.62. The van der Waals surface area contributed by atoms with Crippen LogP contribution >= 0.6 is 0 Å². The van der Waals surface area contributed by atoms with Gasteiger partial charge in [0.1, 0.15) is 5.82 Å². The van der Waals surface area contributed by atoms with Crippen LogP contribution in [0.1, 0.15) is 37.0 Å². The fourth-order valence-electron chi connectivity index (χ4n) is 2.28. The number of anilines is 1. The lowest BCUT2D eigenvalue weighted by Crippen LogP contribution is -2.42. The van der Waals surface area contributed by atoms with E-state index in [2.05, 4.69) is 24.3 Å². The topological polar surface area (TPSA) is 71.2 Å². The second-order valence-corrected chi connectivity index (χ2v) is 4.95. The summed E-state index contributed by atoms with van der Waals surface area (Å²) in [5.41, 5.74) is 3.02. The van der Waals surface area contributed by atoms with Crippen molar-refractivity contribution in [3.8, 4) is 0 Å². The van der Waals surface area contributed by atoms with E-state index in [4.69, 9.17) is 5.84 Å². The van der Waals surface area contributed by atoms with Crippen LogP contribution in [0.5, 0.6) is 0 Å². The molecule has 2 heterocycles. The quantitative estimate of drug-likeness (QED) is 0.599. The third-order valence-electron chi connectivity index (χ3n) is 3.30. The molecule has 0 unspecified atom stereocenters. The molecule has 5 heteroatoms. The predicted octanol–water partition coefficient (Wildman–Crippen LogP) is 1.38. The summed E-state index contributed by atoms with van der Waals surface area (Å²) in [4.78, 5) is 18.3. The normalized spacial score (nSPS) is 18.2. The lowest BCUT2D eigenvalue weighted by Gasteiger charge is -2.31. The molecule has 1 aliphatic rings. The Morgan fingerprint density at radius 1 is 1.59 bits per heavy atom. The highest BCUT2D eigenvalue weighted by Crippen LogP contribution is 2.29. The van der Waals surface area contributed by atoms with E-state index in [0.29, 0.717) is 11.4 Å². The Morgan fingerprint density at radius 3 is 2.94 bits per heavy atom. The fourth-order valence-corrected chi connectivity index (χ4v) is 2.28. The number of likely N-dealkylation sites (tertiary alicyclic amines) is 1. The van der Waals surface area contributed by atoms with Crippen molar-refractivity contribution in [2.24, 2.45) is 5.84 Å². The highest BCUT2D eigenvalue weighted by molar-refractivity contribution is 5.95. The van der Waals surface area contributed by atoms with Crippen LogP contribution in [0.2, 0.25) is 0 Å². The summed E-state index contributed by atoms with van der Waals surface area (Å²) in [6, 6.07) is 3.40. The van der Waals surface area contributed by atoms with Crippen LogP contribution in [0.25, 0.3) is 0 Å². The molecule has 0 spiro atoms. The second kappa shape index (κ2) is 4.33. The molecular weight excluding hydrogens is 216 g/mol. The lowest BCUT2D eigenvalue weighted by molar-refractivity contribution is 0.0652. The number of carbonyl (C=O) groups is 1. The molecule has 1 aromatic rings. The number of carbonyl (C=O) groups excluding carboxylic acids is 1. The predicted molar refractivity (Wildman–Crippen MR) is 66.4 cm³/mol. The van der Waals surface area contributed by atoms with Gasteiger partial charge in [-0.25, -0.2) is 10.8 Å². The van der Waals surface area contributed by atoms with E-state index < -0.39 is 0 Å². The zero-order valence-corrected chi connectivity index (χ0v) is 10.2. The molecule has 1 saturated heterocycles. The molecule has 0 bridgehead atoms. The van der Waals surface area contributed by atoms with E-state index in [1.165, 1.54) is 0 Å². The van der Waals surface area contributed by atoms with Crippen molar-refractivity contribution < 1.29 is 4.79 Å². The lowest BCUT2D eigenvalue weighted by atomic mass is 10.0. The van der Waals surface area contributed by atoms with Gasteiger partial charge in [0, 0.05) is 23.8 Å². The van der Waals surface area contributed by atoms with Gasteiger partial charge in [-0.2, -0.15) is 0 Å². The van der Waals surface area contributed by atoms with E-state index in [1.54, 1.807) is 18.3 Å². The minimum absolute atomic E-state index is 0.0476. The smallest absolute Gasteiger partial charge is 0.254 e. The maximum Gasteiger partial charge on any atom is 0.254 e. The summed E-state index contributed by atoms with van der Waals surface area (Å²) in [7, 11) is 0. The summed E-state index contributed by atoms with van der Waals surface area (Å²) in [6.07, 6.45) is 3.70. The van der Waals surface area contributed by atoms with Crippen molar-refractivity contribution in [1.82, 2.24) is 9.88 Å². The molecule has 2 rings (SSSR count). The van der Waals surface area contributed by atoms with Crippen molar-refractivity contribution >= 4 is 11.7 Å². The molecule has 0 radical (unpaired) electrons. The van der Waals surface area contributed by atoms with Gasteiger partial charge >= 0.3 is 0 Å². The molecule has 92 valence electrons. The zero-order chi connectivity index (χ0) is 12.5. The summed E-state index contributed by atoms with van der Waals surface area (Å²) in [5.74, 6) is 5.84. The third kappa shape index (κ3) is 2.24. The Kier molecular flexibility index (Phi) is 3.02. The average Bonchev–Trinajstić information content (AvgIpc) is 2.68. The summed E-state index contributed by atoms with van der Waals surface area (Å²) >= 11 is 0. The highest BCUT2D eigenvalue weighted by Gasteiger charge is 2.35. The average molecular weight is 234 g/mol. The van der Waals surface area contributed by atoms with Crippen LogP contribution in [0.3, 0.4) is 0 Å². The van der Waals surface area contributed by atoms with Crippen LogP contribution < -0.4 is 11.3 Å². The molecule has 0 aliphatic carbocycles. The minimum Gasteiger partial charge on any atom is -0.334 e. The SMILES string of the molecule is CC1(C)CCCN1C(=O)c1ccnc(NN)c1. The maximum atomic E-state index is 12.4.